The van der Waals surface area contributed by atoms with Gasteiger partial charge in [0.1, 0.15) is 0 Å². The molecule has 2 fully saturated rings. The van der Waals surface area contributed by atoms with Crippen LogP contribution in [0, 0.1) is 0 Å². The van der Waals surface area contributed by atoms with Crippen LogP contribution in [-0.2, 0) is 14.9 Å². The van der Waals surface area contributed by atoms with Crippen molar-refractivity contribution in [3.05, 3.63) is 34.9 Å². The van der Waals surface area contributed by atoms with Gasteiger partial charge in [-0.15, -0.1) is 0 Å². The molecule has 24 heavy (non-hydrogen) atoms. The SMILES string of the molecule is CC(CN1CCCC1)NC(=O)C1(c2ccc(Cl)cc2)CCOCC1. The molecule has 1 atom stereocenters. The molecule has 4 nitrogen and oxygen atoms in total. The van der Waals surface area contributed by atoms with Crippen molar-refractivity contribution in [2.24, 2.45) is 0 Å². The van der Waals surface area contributed by atoms with E-state index in [9.17, 15) is 4.79 Å². The number of nitrogens with zero attached hydrogens (tertiary/aromatic N) is 1. The van der Waals surface area contributed by atoms with Gasteiger partial charge >= 0.3 is 0 Å². The third kappa shape index (κ3) is 3.93. The Bertz CT molecular complexity index is 549. The van der Waals surface area contributed by atoms with E-state index in [1.807, 2.05) is 24.3 Å². The van der Waals surface area contributed by atoms with Crippen LogP contribution < -0.4 is 5.32 Å². The van der Waals surface area contributed by atoms with Crippen molar-refractivity contribution in [1.29, 1.82) is 0 Å². The molecule has 0 spiro atoms. The zero-order valence-electron chi connectivity index (χ0n) is 14.4. The molecule has 3 rings (SSSR count). The number of carbonyl (C=O) groups excluding carboxylic acids is 1. The Hall–Kier alpha value is -1.10. The molecule has 0 radical (unpaired) electrons. The molecule has 1 aromatic carbocycles. The van der Waals surface area contributed by atoms with Crippen LogP contribution in [0.15, 0.2) is 24.3 Å². The lowest BCUT2D eigenvalue weighted by molar-refractivity contribution is -0.131. The van der Waals surface area contributed by atoms with Gasteiger partial charge in [0, 0.05) is 30.8 Å². The van der Waals surface area contributed by atoms with E-state index in [0.717, 1.165) is 38.0 Å². The molecule has 2 heterocycles. The van der Waals surface area contributed by atoms with Crippen molar-refractivity contribution in [3.63, 3.8) is 0 Å². The molecule has 132 valence electrons. The van der Waals surface area contributed by atoms with Crippen molar-refractivity contribution >= 4 is 17.5 Å². The monoisotopic (exact) mass is 350 g/mol. The Morgan fingerprint density at radius 2 is 1.88 bits per heavy atom. The first-order chi connectivity index (χ1) is 11.6. The number of halogens is 1. The number of nitrogens with one attached hydrogen (secondary N) is 1. The minimum atomic E-state index is -0.498. The predicted octanol–water partition coefficient (Wildman–Crippen LogP) is 2.99. The first-order valence-electron chi connectivity index (χ1n) is 8.97. The number of ether oxygens (including phenoxy) is 1. The molecule has 2 saturated heterocycles. The number of rotatable bonds is 5. The summed E-state index contributed by atoms with van der Waals surface area (Å²) in [5, 5.41) is 3.96. The second kappa shape index (κ2) is 7.85. The van der Waals surface area contributed by atoms with Crippen molar-refractivity contribution in [1.82, 2.24) is 10.2 Å². The second-order valence-corrected chi connectivity index (χ2v) is 7.52. The number of likely N-dealkylation sites (tertiary alicyclic amines) is 1. The third-order valence-electron chi connectivity index (χ3n) is 5.29. The summed E-state index contributed by atoms with van der Waals surface area (Å²) in [6, 6.07) is 7.86. The fraction of sp³-hybridized carbons (Fsp3) is 0.632. The molecular weight excluding hydrogens is 324 g/mol. The lowest BCUT2D eigenvalue weighted by Gasteiger charge is -2.37. The summed E-state index contributed by atoms with van der Waals surface area (Å²) in [6.45, 7) is 6.57. The topological polar surface area (TPSA) is 41.6 Å². The summed E-state index contributed by atoms with van der Waals surface area (Å²) in [4.78, 5) is 15.6. The minimum Gasteiger partial charge on any atom is -0.381 e. The molecule has 0 aliphatic carbocycles. The summed E-state index contributed by atoms with van der Waals surface area (Å²) in [5.74, 6) is 0.125. The lowest BCUT2D eigenvalue weighted by atomic mass is 9.73. The van der Waals surface area contributed by atoms with Crippen LogP contribution in [-0.4, -0.2) is 49.7 Å². The fourth-order valence-corrected chi connectivity index (χ4v) is 4.02. The molecule has 1 amide bonds. The van der Waals surface area contributed by atoms with Gasteiger partial charge in [0.2, 0.25) is 5.91 Å². The van der Waals surface area contributed by atoms with Gasteiger partial charge in [-0.3, -0.25) is 4.79 Å². The van der Waals surface area contributed by atoms with Crippen molar-refractivity contribution < 1.29 is 9.53 Å². The van der Waals surface area contributed by atoms with Gasteiger partial charge in [0.05, 0.1) is 5.41 Å². The summed E-state index contributed by atoms with van der Waals surface area (Å²) in [6.07, 6.45) is 3.98. The van der Waals surface area contributed by atoms with Crippen LogP contribution in [0.25, 0.3) is 0 Å². The molecule has 0 bridgehead atoms. The van der Waals surface area contributed by atoms with Gasteiger partial charge in [-0.05, 0) is 63.4 Å². The maximum atomic E-state index is 13.2. The van der Waals surface area contributed by atoms with Gasteiger partial charge in [-0.2, -0.15) is 0 Å². The molecule has 1 N–H and O–H groups in total. The predicted molar refractivity (Wildman–Crippen MR) is 96.5 cm³/mol. The van der Waals surface area contributed by atoms with Gasteiger partial charge < -0.3 is 15.0 Å². The van der Waals surface area contributed by atoms with E-state index in [2.05, 4.69) is 17.1 Å². The average molecular weight is 351 g/mol. The van der Waals surface area contributed by atoms with E-state index in [1.165, 1.54) is 12.8 Å². The lowest BCUT2D eigenvalue weighted by Crippen LogP contribution is -2.52. The van der Waals surface area contributed by atoms with E-state index in [-0.39, 0.29) is 11.9 Å². The van der Waals surface area contributed by atoms with Gasteiger partial charge in [0.15, 0.2) is 0 Å². The molecule has 1 aromatic rings. The van der Waals surface area contributed by atoms with Crippen LogP contribution in [0.3, 0.4) is 0 Å². The van der Waals surface area contributed by atoms with Crippen LogP contribution in [0.2, 0.25) is 5.02 Å². The Morgan fingerprint density at radius 1 is 1.25 bits per heavy atom. The Kier molecular flexibility index (Phi) is 5.80. The third-order valence-corrected chi connectivity index (χ3v) is 5.54. The van der Waals surface area contributed by atoms with E-state index >= 15 is 0 Å². The van der Waals surface area contributed by atoms with Crippen molar-refractivity contribution in [2.45, 2.75) is 44.1 Å². The Labute approximate surface area is 149 Å². The molecule has 5 heteroatoms. The number of carbonyl (C=O) groups is 1. The molecule has 0 saturated carbocycles. The summed E-state index contributed by atoms with van der Waals surface area (Å²) in [5.41, 5.74) is 0.545. The molecular formula is C19H27ClN2O2. The molecule has 2 aliphatic heterocycles. The standard InChI is InChI=1S/C19H27ClN2O2/c1-15(14-22-10-2-3-11-22)21-18(23)19(8-12-24-13-9-19)16-4-6-17(20)7-5-16/h4-7,15H,2-3,8-14H2,1H3,(H,21,23). The molecule has 0 aromatic heterocycles. The zero-order valence-corrected chi connectivity index (χ0v) is 15.1. The Balaban J connectivity index is 1.72. The second-order valence-electron chi connectivity index (χ2n) is 7.08. The first-order valence-corrected chi connectivity index (χ1v) is 9.35. The fourth-order valence-electron chi connectivity index (χ4n) is 3.90. The highest BCUT2D eigenvalue weighted by molar-refractivity contribution is 6.30. The minimum absolute atomic E-state index is 0.125. The highest BCUT2D eigenvalue weighted by atomic mass is 35.5. The van der Waals surface area contributed by atoms with Crippen LogP contribution in [0.1, 0.15) is 38.2 Å². The van der Waals surface area contributed by atoms with E-state index in [4.69, 9.17) is 16.3 Å². The van der Waals surface area contributed by atoms with Gasteiger partial charge in [-0.25, -0.2) is 0 Å². The largest absolute Gasteiger partial charge is 0.381 e. The van der Waals surface area contributed by atoms with Crippen LogP contribution in [0.5, 0.6) is 0 Å². The smallest absolute Gasteiger partial charge is 0.231 e. The van der Waals surface area contributed by atoms with Gasteiger partial charge in [-0.1, -0.05) is 23.7 Å². The highest BCUT2D eigenvalue weighted by Crippen LogP contribution is 2.36. The van der Waals surface area contributed by atoms with Crippen molar-refractivity contribution in [3.8, 4) is 0 Å². The summed E-state index contributed by atoms with van der Waals surface area (Å²) < 4.78 is 5.52. The van der Waals surface area contributed by atoms with E-state index in [0.29, 0.717) is 18.2 Å². The zero-order chi connectivity index (χ0) is 17.0. The number of hydrogen-bond acceptors (Lipinski definition) is 3. The Morgan fingerprint density at radius 3 is 2.50 bits per heavy atom. The van der Waals surface area contributed by atoms with E-state index < -0.39 is 5.41 Å². The number of hydrogen-bond donors (Lipinski definition) is 1. The van der Waals surface area contributed by atoms with Crippen molar-refractivity contribution in [2.75, 3.05) is 32.8 Å². The highest BCUT2D eigenvalue weighted by Gasteiger charge is 2.42. The van der Waals surface area contributed by atoms with Crippen LogP contribution >= 0.6 is 11.6 Å². The number of amides is 1. The molecule has 2 aliphatic rings. The summed E-state index contributed by atoms with van der Waals surface area (Å²) >= 11 is 6.02. The van der Waals surface area contributed by atoms with Gasteiger partial charge in [0.25, 0.3) is 0 Å². The van der Waals surface area contributed by atoms with E-state index in [1.54, 1.807) is 0 Å². The maximum absolute atomic E-state index is 13.2. The quantitative estimate of drug-likeness (QED) is 0.887. The first kappa shape index (κ1) is 17.7. The summed E-state index contributed by atoms with van der Waals surface area (Å²) in [7, 11) is 0. The maximum Gasteiger partial charge on any atom is 0.231 e. The van der Waals surface area contributed by atoms with Crippen LogP contribution in [0.4, 0.5) is 0 Å². The number of benzene rings is 1. The normalized spacial score (nSPS) is 22.2. The average Bonchev–Trinajstić information content (AvgIpc) is 3.08. The molecule has 1 unspecified atom stereocenters.